The van der Waals surface area contributed by atoms with Gasteiger partial charge in [-0.2, -0.15) is 0 Å². The lowest BCUT2D eigenvalue weighted by Gasteiger charge is -2.31. The van der Waals surface area contributed by atoms with Gasteiger partial charge in [0.15, 0.2) is 0 Å². The molecule has 1 fully saturated rings. The summed E-state index contributed by atoms with van der Waals surface area (Å²) in [7, 11) is 1.78. The van der Waals surface area contributed by atoms with Gasteiger partial charge in [-0.15, -0.1) is 0 Å². The molecule has 0 saturated carbocycles. The van der Waals surface area contributed by atoms with Crippen LogP contribution >= 0.6 is 0 Å². The van der Waals surface area contributed by atoms with Crippen LogP contribution in [0.5, 0.6) is 0 Å². The zero-order chi connectivity index (χ0) is 11.9. The number of piperidine rings is 1. The average molecular weight is 233 g/mol. The Labute approximate surface area is 105 Å². The monoisotopic (exact) mass is 233 g/mol. The van der Waals surface area contributed by atoms with Gasteiger partial charge < -0.3 is 9.64 Å². The van der Waals surface area contributed by atoms with Crippen LogP contribution in [0.15, 0.2) is 30.3 Å². The third-order valence-corrected chi connectivity index (χ3v) is 3.69. The minimum Gasteiger partial charge on any atom is -0.383 e. The standard InChI is InChI=1S/C15H23NO/c1-17-12-11-16-9-7-15(8-10-16)13-14-5-3-2-4-6-14/h2-6,15H,7-13H2,1H3. The van der Waals surface area contributed by atoms with E-state index in [0.717, 1.165) is 19.1 Å². The summed E-state index contributed by atoms with van der Waals surface area (Å²) in [6.45, 7) is 4.43. The van der Waals surface area contributed by atoms with E-state index in [4.69, 9.17) is 4.74 Å². The average Bonchev–Trinajstić information content (AvgIpc) is 2.39. The summed E-state index contributed by atoms with van der Waals surface area (Å²) in [5, 5.41) is 0. The maximum atomic E-state index is 5.13. The number of likely N-dealkylation sites (tertiary alicyclic amines) is 1. The molecule has 0 atom stereocenters. The molecule has 1 heterocycles. The molecule has 0 aliphatic carbocycles. The van der Waals surface area contributed by atoms with Crippen LogP contribution in [0.2, 0.25) is 0 Å². The predicted octanol–water partition coefficient (Wildman–Crippen LogP) is 2.59. The van der Waals surface area contributed by atoms with Crippen molar-refractivity contribution in [2.45, 2.75) is 19.3 Å². The van der Waals surface area contributed by atoms with Crippen molar-refractivity contribution in [2.24, 2.45) is 5.92 Å². The van der Waals surface area contributed by atoms with Gasteiger partial charge >= 0.3 is 0 Å². The Balaban J connectivity index is 1.72. The fourth-order valence-electron chi connectivity index (χ4n) is 2.58. The molecule has 17 heavy (non-hydrogen) atoms. The number of methoxy groups -OCH3 is 1. The maximum Gasteiger partial charge on any atom is 0.0589 e. The van der Waals surface area contributed by atoms with Crippen LogP contribution in [-0.4, -0.2) is 38.3 Å². The van der Waals surface area contributed by atoms with Gasteiger partial charge in [0.25, 0.3) is 0 Å². The lowest BCUT2D eigenvalue weighted by Crippen LogP contribution is -2.36. The lowest BCUT2D eigenvalue weighted by atomic mass is 9.90. The molecular formula is C15H23NO. The first-order valence-corrected chi connectivity index (χ1v) is 6.63. The Morgan fingerprint density at radius 3 is 2.53 bits per heavy atom. The van der Waals surface area contributed by atoms with E-state index in [1.54, 1.807) is 7.11 Å². The zero-order valence-electron chi connectivity index (χ0n) is 10.8. The Kier molecular flexibility index (Phi) is 5.02. The van der Waals surface area contributed by atoms with Gasteiger partial charge in [0.1, 0.15) is 0 Å². The molecule has 0 radical (unpaired) electrons. The fraction of sp³-hybridized carbons (Fsp3) is 0.600. The molecule has 1 aromatic rings. The van der Waals surface area contributed by atoms with Gasteiger partial charge in [-0.1, -0.05) is 30.3 Å². The lowest BCUT2D eigenvalue weighted by molar-refractivity contribution is 0.120. The maximum absolute atomic E-state index is 5.13. The summed E-state index contributed by atoms with van der Waals surface area (Å²) in [5.74, 6) is 0.871. The molecule has 2 heteroatoms. The topological polar surface area (TPSA) is 12.5 Å². The number of hydrogen-bond donors (Lipinski definition) is 0. The van der Waals surface area contributed by atoms with Crippen molar-refractivity contribution in [3.8, 4) is 0 Å². The highest BCUT2D eigenvalue weighted by Gasteiger charge is 2.18. The van der Waals surface area contributed by atoms with Gasteiger partial charge in [-0.3, -0.25) is 0 Å². The highest BCUT2D eigenvalue weighted by atomic mass is 16.5. The first-order chi connectivity index (χ1) is 8.38. The normalized spacial score (nSPS) is 18.4. The minimum atomic E-state index is 0.864. The zero-order valence-corrected chi connectivity index (χ0v) is 10.8. The van der Waals surface area contributed by atoms with Crippen LogP contribution in [0, 0.1) is 5.92 Å². The molecule has 0 spiro atoms. The molecule has 0 aromatic heterocycles. The van der Waals surface area contributed by atoms with E-state index >= 15 is 0 Å². The van der Waals surface area contributed by atoms with E-state index in [9.17, 15) is 0 Å². The van der Waals surface area contributed by atoms with Gasteiger partial charge in [-0.05, 0) is 43.8 Å². The Bertz CT molecular complexity index is 304. The molecule has 0 amide bonds. The van der Waals surface area contributed by atoms with E-state index in [-0.39, 0.29) is 0 Å². The number of benzene rings is 1. The SMILES string of the molecule is COCCN1CCC(Cc2ccccc2)CC1. The van der Waals surface area contributed by atoms with Crippen molar-refractivity contribution in [2.75, 3.05) is 33.4 Å². The fourth-order valence-corrected chi connectivity index (χ4v) is 2.58. The van der Waals surface area contributed by atoms with Crippen molar-refractivity contribution >= 4 is 0 Å². The molecule has 0 N–H and O–H groups in total. The van der Waals surface area contributed by atoms with Crippen molar-refractivity contribution in [3.63, 3.8) is 0 Å². The van der Waals surface area contributed by atoms with Crippen LogP contribution in [-0.2, 0) is 11.2 Å². The summed E-state index contributed by atoms with van der Waals surface area (Å²) in [6, 6.07) is 10.9. The quantitative estimate of drug-likeness (QED) is 0.775. The van der Waals surface area contributed by atoms with E-state index in [1.165, 1.54) is 37.9 Å². The minimum absolute atomic E-state index is 0.864. The molecule has 94 valence electrons. The summed E-state index contributed by atoms with van der Waals surface area (Å²) in [4.78, 5) is 2.52. The number of ether oxygens (including phenoxy) is 1. The van der Waals surface area contributed by atoms with E-state index in [2.05, 4.69) is 35.2 Å². The molecule has 0 unspecified atom stereocenters. The molecule has 2 nitrogen and oxygen atoms in total. The van der Waals surface area contributed by atoms with Gasteiger partial charge in [0, 0.05) is 13.7 Å². The highest BCUT2D eigenvalue weighted by molar-refractivity contribution is 5.15. The van der Waals surface area contributed by atoms with Gasteiger partial charge in [0.05, 0.1) is 6.61 Å². The molecule has 1 saturated heterocycles. The van der Waals surface area contributed by atoms with Crippen LogP contribution in [0.1, 0.15) is 18.4 Å². The largest absolute Gasteiger partial charge is 0.383 e. The van der Waals surface area contributed by atoms with Crippen molar-refractivity contribution < 1.29 is 4.74 Å². The van der Waals surface area contributed by atoms with Gasteiger partial charge in [-0.25, -0.2) is 0 Å². The van der Waals surface area contributed by atoms with Crippen molar-refractivity contribution in [1.82, 2.24) is 4.90 Å². The third-order valence-electron chi connectivity index (χ3n) is 3.69. The smallest absolute Gasteiger partial charge is 0.0589 e. The van der Waals surface area contributed by atoms with Crippen molar-refractivity contribution in [1.29, 1.82) is 0 Å². The van der Waals surface area contributed by atoms with E-state index in [1.807, 2.05) is 0 Å². The van der Waals surface area contributed by atoms with Crippen molar-refractivity contribution in [3.05, 3.63) is 35.9 Å². The number of rotatable bonds is 5. The predicted molar refractivity (Wildman–Crippen MR) is 71.2 cm³/mol. The van der Waals surface area contributed by atoms with Crippen LogP contribution in [0.25, 0.3) is 0 Å². The molecule has 1 aliphatic heterocycles. The van der Waals surface area contributed by atoms with Crippen LogP contribution < -0.4 is 0 Å². The molecule has 2 rings (SSSR count). The molecule has 1 aliphatic rings. The summed E-state index contributed by atoms with van der Waals surface area (Å²) < 4.78 is 5.13. The Morgan fingerprint density at radius 1 is 1.18 bits per heavy atom. The van der Waals surface area contributed by atoms with E-state index < -0.39 is 0 Å². The number of nitrogens with zero attached hydrogens (tertiary/aromatic N) is 1. The summed E-state index contributed by atoms with van der Waals surface area (Å²) >= 11 is 0. The summed E-state index contributed by atoms with van der Waals surface area (Å²) in [6.07, 6.45) is 3.91. The molecule has 1 aromatic carbocycles. The second-order valence-electron chi connectivity index (χ2n) is 4.97. The first-order valence-electron chi connectivity index (χ1n) is 6.63. The number of hydrogen-bond acceptors (Lipinski definition) is 2. The van der Waals surface area contributed by atoms with E-state index in [0.29, 0.717) is 0 Å². The second-order valence-corrected chi connectivity index (χ2v) is 4.97. The highest BCUT2D eigenvalue weighted by Crippen LogP contribution is 2.21. The summed E-state index contributed by atoms with van der Waals surface area (Å²) in [5.41, 5.74) is 1.49. The Morgan fingerprint density at radius 2 is 1.88 bits per heavy atom. The van der Waals surface area contributed by atoms with Gasteiger partial charge in [0.2, 0.25) is 0 Å². The van der Waals surface area contributed by atoms with Crippen LogP contribution in [0.4, 0.5) is 0 Å². The van der Waals surface area contributed by atoms with Crippen LogP contribution in [0.3, 0.4) is 0 Å². The third kappa shape index (κ3) is 4.14. The second kappa shape index (κ2) is 6.77. The molecule has 0 bridgehead atoms. The molecular weight excluding hydrogens is 210 g/mol. The Hall–Kier alpha value is -0.860. The first kappa shape index (κ1) is 12.6.